The van der Waals surface area contributed by atoms with Crippen molar-refractivity contribution in [3.05, 3.63) is 64.1 Å². The van der Waals surface area contributed by atoms with Crippen LogP contribution in [0.5, 0.6) is 0 Å². The zero-order valence-electron chi connectivity index (χ0n) is 17.6. The molecule has 0 aliphatic heterocycles. The largest absolute Gasteiger partial charge is 0.352 e. The van der Waals surface area contributed by atoms with Crippen molar-refractivity contribution in [2.75, 3.05) is 5.75 Å². The van der Waals surface area contributed by atoms with Crippen molar-refractivity contribution in [2.24, 2.45) is 0 Å². The SMILES string of the molecule is Cc1ccc(SCC(=O)N(Cc2cccc(Br)c2)C(C)C(=O)NC2CCCC2)cc1. The van der Waals surface area contributed by atoms with Crippen molar-refractivity contribution in [1.29, 1.82) is 0 Å². The van der Waals surface area contributed by atoms with Crippen LogP contribution in [0.25, 0.3) is 0 Å². The molecule has 1 saturated carbocycles. The van der Waals surface area contributed by atoms with Gasteiger partial charge in [0.2, 0.25) is 11.8 Å². The quantitative estimate of drug-likeness (QED) is 0.511. The van der Waals surface area contributed by atoms with Crippen molar-refractivity contribution >= 4 is 39.5 Å². The van der Waals surface area contributed by atoms with Gasteiger partial charge in [-0.1, -0.05) is 58.6 Å². The van der Waals surface area contributed by atoms with Crippen molar-refractivity contribution in [1.82, 2.24) is 10.2 Å². The Kier molecular flexibility index (Phi) is 8.40. The number of hydrogen-bond donors (Lipinski definition) is 1. The maximum Gasteiger partial charge on any atom is 0.242 e. The first kappa shape index (κ1) is 22.9. The smallest absolute Gasteiger partial charge is 0.242 e. The molecule has 4 nitrogen and oxygen atoms in total. The predicted molar refractivity (Wildman–Crippen MR) is 126 cm³/mol. The lowest BCUT2D eigenvalue weighted by atomic mass is 10.1. The molecule has 160 valence electrons. The number of amides is 2. The van der Waals surface area contributed by atoms with Gasteiger partial charge in [0.05, 0.1) is 5.75 Å². The lowest BCUT2D eigenvalue weighted by molar-refractivity contribution is -0.138. The molecule has 0 radical (unpaired) electrons. The van der Waals surface area contributed by atoms with Gasteiger partial charge < -0.3 is 10.2 Å². The highest BCUT2D eigenvalue weighted by molar-refractivity contribution is 9.10. The summed E-state index contributed by atoms with van der Waals surface area (Å²) < 4.78 is 0.962. The minimum atomic E-state index is -0.518. The van der Waals surface area contributed by atoms with E-state index in [4.69, 9.17) is 0 Å². The highest BCUT2D eigenvalue weighted by Gasteiger charge is 2.28. The van der Waals surface area contributed by atoms with Crippen LogP contribution in [0.2, 0.25) is 0 Å². The molecule has 0 heterocycles. The number of carbonyl (C=O) groups is 2. The first-order chi connectivity index (χ1) is 14.4. The molecule has 6 heteroatoms. The molecule has 1 aliphatic rings. The third-order valence-corrected chi connectivity index (χ3v) is 6.98. The van der Waals surface area contributed by atoms with Crippen molar-refractivity contribution in [3.63, 3.8) is 0 Å². The molecule has 2 amide bonds. The summed E-state index contributed by atoms with van der Waals surface area (Å²) in [5.74, 6) is 0.207. The first-order valence-electron chi connectivity index (χ1n) is 10.5. The molecule has 1 N–H and O–H groups in total. The van der Waals surface area contributed by atoms with Gasteiger partial charge in [0, 0.05) is 22.0 Å². The van der Waals surface area contributed by atoms with Crippen LogP contribution in [0.3, 0.4) is 0 Å². The molecule has 0 saturated heterocycles. The number of benzene rings is 2. The highest BCUT2D eigenvalue weighted by atomic mass is 79.9. The van der Waals surface area contributed by atoms with Crippen LogP contribution in [-0.2, 0) is 16.1 Å². The zero-order chi connectivity index (χ0) is 21.5. The number of hydrogen-bond acceptors (Lipinski definition) is 3. The number of nitrogens with one attached hydrogen (secondary N) is 1. The van der Waals surface area contributed by atoms with E-state index in [2.05, 4.69) is 21.2 Å². The van der Waals surface area contributed by atoms with Crippen LogP contribution >= 0.6 is 27.7 Å². The molecule has 0 bridgehead atoms. The lowest BCUT2D eigenvalue weighted by Gasteiger charge is -2.29. The van der Waals surface area contributed by atoms with E-state index in [0.29, 0.717) is 12.3 Å². The predicted octanol–water partition coefficient (Wildman–Crippen LogP) is 5.33. The van der Waals surface area contributed by atoms with Crippen molar-refractivity contribution < 1.29 is 9.59 Å². The molecule has 3 rings (SSSR count). The summed E-state index contributed by atoms with van der Waals surface area (Å²) in [6.45, 7) is 4.28. The number of halogens is 1. The van der Waals surface area contributed by atoms with Crippen LogP contribution in [0.1, 0.15) is 43.7 Å². The second-order valence-corrected chi connectivity index (χ2v) is 9.88. The minimum absolute atomic E-state index is 0.0328. The van der Waals surface area contributed by atoms with Crippen LogP contribution in [-0.4, -0.2) is 34.6 Å². The maximum atomic E-state index is 13.2. The van der Waals surface area contributed by atoms with E-state index in [1.54, 1.807) is 4.90 Å². The summed E-state index contributed by atoms with van der Waals surface area (Å²) >= 11 is 5.00. The molecule has 1 aliphatic carbocycles. The van der Waals surface area contributed by atoms with Gasteiger partial charge in [-0.05, 0) is 56.5 Å². The van der Waals surface area contributed by atoms with E-state index in [0.717, 1.165) is 40.6 Å². The van der Waals surface area contributed by atoms with Crippen LogP contribution in [0.15, 0.2) is 57.9 Å². The van der Waals surface area contributed by atoms with Crippen molar-refractivity contribution in [3.8, 4) is 0 Å². The van der Waals surface area contributed by atoms with Crippen LogP contribution < -0.4 is 5.32 Å². The number of rotatable bonds is 8. The van der Waals surface area contributed by atoms with Crippen LogP contribution in [0.4, 0.5) is 0 Å². The summed E-state index contributed by atoms with van der Waals surface area (Å²) in [6, 6.07) is 15.8. The van der Waals surface area contributed by atoms with Gasteiger partial charge in [-0.2, -0.15) is 0 Å². The molecule has 2 aromatic rings. The zero-order valence-corrected chi connectivity index (χ0v) is 20.0. The molecule has 0 spiro atoms. The maximum absolute atomic E-state index is 13.2. The standard InChI is InChI=1S/C24H29BrN2O2S/c1-17-10-12-22(13-11-17)30-16-23(28)27(15-19-6-5-7-20(25)14-19)18(2)24(29)26-21-8-3-4-9-21/h5-7,10-14,18,21H,3-4,8-9,15-16H2,1-2H3,(H,26,29). The fourth-order valence-corrected chi connectivity index (χ4v) is 4.90. The average molecular weight is 489 g/mol. The monoisotopic (exact) mass is 488 g/mol. The normalized spacial score (nSPS) is 15.0. The van der Waals surface area contributed by atoms with E-state index in [9.17, 15) is 9.59 Å². The number of thioether (sulfide) groups is 1. The lowest BCUT2D eigenvalue weighted by Crippen LogP contribution is -2.50. The first-order valence-corrected chi connectivity index (χ1v) is 12.2. The Morgan fingerprint density at radius 1 is 1.17 bits per heavy atom. The highest BCUT2D eigenvalue weighted by Crippen LogP contribution is 2.22. The van der Waals surface area contributed by atoms with E-state index in [-0.39, 0.29) is 17.9 Å². The third-order valence-electron chi connectivity index (χ3n) is 5.49. The third kappa shape index (κ3) is 6.61. The second-order valence-electron chi connectivity index (χ2n) is 7.92. The Bertz CT molecular complexity index is 866. The molecule has 2 aromatic carbocycles. The fourth-order valence-electron chi connectivity index (χ4n) is 3.67. The van der Waals surface area contributed by atoms with Gasteiger partial charge >= 0.3 is 0 Å². The fraction of sp³-hybridized carbons (Fsp3) is 0.417. The van der Waals surface area contributed by atoms with Gasteiger partial charge in [-0.25, -0.2) is 0 Å². The molecular weight excluding hydrogens is 460 g/mol. The Hall–Kier alpha value is -1.79. The summed E-state index contributed by atoms with van der Waals surface area (Å²) in [7, 11) is 0. The summed E-state index contributed by atoms with van der Waals surface area (Å²) in [6.07, 6.45) is 4.38. The Labute approximate surface area is 191 Å². The molecule has 1 atom stereocenters. The molecular formula is C24H29BrN2O2S. The van der Waals surface area contributed by atoms with Gasteiger partial charge in [0.1, 0.15) is 6.04 Å². The van der Waals surface area contributed by atoms with Gasteiger partial charge in [-0.3, -0.25) is 9.59 Å². The Morgan fingerprint density at radius 3 is 2.53 bits per heavy atom. The second kappa shape index (κ2) is 11.0. The van der Waals surface area contributed by atoms with E-state index in [1.807, 2.05) is 62.4 Å². The number of aryl methyl sites for hydroxylation is 1. The average Bonchev–Trinajstić information content (AvgIpc) is 3.24. The van der Waals surface area contributed by atoms with E-state index < -0.39 is 6.04 Å². The molecule has 0 aromatic heterocycles. The van der Waals surface area contributed by atoms with Crippen molar-refractivity contribution in [2.45, 2.75) is 63.1 Å². The van der Waals surface area contributed by atoms with E-state index in [1.165, 1.54) is 17.3 Å². The van der Waals surface area contributed by atoms with Crippen LogP contribution in [0, 0.1) is 6.92 Å². The topological polar surface area (TPSA) is 49.4 Å². The van der Waals surface area contributed by atoms with E-state index >= 15 is 0 Å². The number of nitrogens with zero attached hydrogens (tertiary/aromatic N) is 1. The Balaban J connectivity index is 1.70. The summed E-state index contributed by atoms with van der Waals surface area (Å²) in [5.41, 5.74) is 2.19. The molecule has 1 fully saturated rings. The Morgan fingerprint density at radius 2 is 1.87 bits per heavy atom. The molecule has 1 unspecified atom stereocenters. The van der Waals surface area contributed by atoms with Gasteiger partial charge in [-0.15, -0.1) is 11.8 Å². The summed E-state index contributed by atoms with van der Waals surface area (Å²) in [4.78, 5) is 28.8. The minimum Gasteiger partial charge on any atom is -0.352 e. The molecule has 30 heavy (non-hydrogen) atoms. The summed E-state index contributed by atoms with van der Waals surface area (Å²) in [5, 5.41) is 3.14. The van der Waals surface area contributed by atoms with Gasteiger partial charge in [0.15, 0.2) is 0 Å². The number of carbonyl (C=O) groups excluding carboxylic acids is 2. The van der Waals surface area contributed by atoms with Gasteiger partial charge in [0.25, 0.3) is 0 Å².